The molecular weight excluding hydrogens is 252 g/mol. The molecule has 98 valence electrons. The Bertz CT molecular complexity index is 494. The highest BCUT2D eigenvalue weighted by molar-refractivity contribution is 6.32. The Kier molecular flexibility index (Phi) is 3.28. The molecule has 0 fully saturated rings. The lowest BCUT2D eigenvalue weighted by Crippen LogP contribution is -2.24. The van der Waals surface area contributed by atoms with E-state index < -0.39 is 5.97 Å². The topological polar surface area (TPSA) is 46.5 Å². The Morgan fingerprint density at radius 1 is 1.56 bits per heavy atom. The van der Waals surface area contributed by atoms with E-state index in [2.05, 4.69) is 0 Å². The summed E-state index contributed by atoms with van der Waals surface area (Å²) >= 11 is 6.39. The van der Waals surface area contributed by atoms with Crippen LogP contribution in [0.25, 0.3) is 0 Å². The van der Waals surface area contributed by atoms with E-state index in [1.54, 1.807) is 0 Å². The molecule has 18 heavy (non-hydrogen) atoms. The van der Waals surface area contributed by atoms with E-state index in [0.717, 1.165) is 23.3 Å². The van der Waals surface area contributed by atoms with Crippen molar-refractivity contribution in [1.82, 2.24) is 0 Å². The first-order chi connectivity index (χ1) is 8.30. The molecule has 0 saturated carbocycles. The zero-order chi connectivity index (χ0) is 13.5. The van der Waals surface area contributed by atoms with Gasteiger partial charge in [-0.25, -0.2) is 0 Å². The maximum absolute atomic E-state index is 10.8. The summed E-state index contributed by atoms with van der Waals surface area (Å²) in [5.74, 6) is -0.0871. The normalized spacial score (nSPS) is 18.0. The number of rotatable bonds is 3. The van der Waals surface area contributed by atoms with Crippen LogP contribution in [0.2, 0.25) is 5.02 Å². The maximum Gasteiger partial charge on any atom is 0.303 e. The molecule has 1 atom stereocenters. The smallest absolute Gasteiger partial charge is 0.303 e. The number of carboxylic acids is 1. The SMILES string of the molecule is CC(CC(=O)O)c1ccc2c(c1Cl)CC(C)(C)O2. The fraction of sp³-hybridized carbons (Fsp3) is 0.500. The molecule has 1 aliphatic heterocycles. The van der Waals surface area contributed by atoms with Crippen molar-refractivity contribution in [3.8, 4) is 5.75 Å². The van der Waals surface area contributed by atoms with Gasteiger partial charge in [-0.1, -0.05) is 24.6 Å². The van der Waals surface area contributed by atoms with Crippen LogP contribution >= 0.6 is 11.6 Å². The minimum atomic E-state index is -0.810. The Morgan fingerprint density at radius 2 is 2.22 bits per heavy atom. The second-order valence-electron chi connectivity index (χ2n) is 5.48. The molecule has 1 aromatic rings. The predicted octanol–water partition coefficient (Wildman–Crippen LogP) is 3.63. The van der Waals surface area contributed by atoms with Gasteiger partial charge in [-0.2, -0.15) is 0 Å². The molecule has 0 amide bonds. The number of fused-ring (bicyclic) bond motifs is 1. The highest BCUT2D eigenvalue weighted by atomic mass is 35.5. The average molecular weight is 269 g/mol. The molecule has 3 nitrogen and oxygen atoms in total. The van der Waals surface area contributed by atoms with Gasteiger partial charge in [0.15, 0.2) is 0 Å². The van der Waals surface area contributed by atoms with E-state index in [1.165, 1.54) is 0 Å². The van der Waals surface area contributed by atoms with Crippen LogP contribution in [0.4, 0.5) is 0 Å². The van der Waals surface area contributed by atoms with E-state index in [0.29, 0.717) is 5.02 Å². The first kappa shape index (κ1) is 13.2. The maximum atomic E-state index is 10.8. The van der Waals surface area contributed by atoms with Crippen LogP contribution in [0.1, 0.15) is 44.2 Å². The second kappa shape index (κ2) is 4.47. The van der Waals surface area contributed by atoms with Crippen molar-refractivity contribution in [2.24, 2.45) is 0 Å². The minimum Gasteiger partial charge on any atom is -0.487 e. The van der Waals surface area contributed by atoms with Crippen LogP contribution in [0.15, 0.2) is 12.1 Å². The Balaban J connectivity index is 2.34. The van der Waals surface area contributed by atoms with Gasteiger partial charge < -0.3 is 9.84 Å². The van der Waals surface area contributed by atoms with Gasteiger partial charge in [-0.15, -0.1) is 0 Å². The van der Waals surface area contributed by atoms with Crippen molar-refractivity contribution < 1.29 is 14.6 Å². The quantitative estimate of drug-likeness (QED) is 0.910. The fourth-order valence-corrected chi connectivity index (χ4v) is 2.80. The Labute approximate surface area is 112 Å². The lowest BCUT2D eigenvalue weighted by atomic mass is 9.93. The van der Waals surface area contributed by atoms with Crippen molar-refractivity contribution in [3.63, 3.8) is 0 Å². The van der Waals surface area contributed by atoms with Gasteiger partial charge in [-0.05, 0) is 31.4 Å². The summed E-state index contributed by atoms with van der Waals surface area (Å²) in [4.78, 5) is 10.8. The molecule has 0 radical (unpaired) electrons. The van der Waals surface area contributed by atoms with E-state index in [9.17, 15) is 4.79 Å². The molecule has 0 aromatic heterocycles. The number of carbonyl (C=O) groups is 1. The summed E-state index contributed by atoms with van der Waals surface area (Å²) < 4.78 is 5.79. The monoisotopic (exact) mass is 268 g/mol. The number of halogens is 1. The first-order valence-electron chi connectivity index (χ1n) is 6.02. The standard InChI is InChI=1S/C14H17ClO3/c1-8(6-12(16)17)9-4-5-11-10(13(9)15)7-14(2,3)18-11/h4-5,8H,6-7H2,1-3H3,(H,16,17). The van der Waals surface area contributed by atoms with E-state index in [-0.39, 0.29) is 17.9 Å². The summed E-state index contributed by atoms with van der Waals surface area (Å²) in [6.45, 7) is 5.91. The van der Waals surface area contributed by atoms with Crippen molar-refractivity contribution in [1.29, 1.82) is 0 Å². The number of carboxylic acid groups (broad SMARTS) is 1. The summed E-state index contributed by atoms with van der Waals surface area (Å²) in [6, 6.07) is 3.76. The number of ether oxygens (including phenoxy) is 1. The molecule has 2 rings (SSSR count). The third-order valence-corrected chi connectivity index (χ3v) is 3.68. The van der Waals surface area contributed by atoms with Crippen molar-refractivity contribution >= 4 is 17.6 Å². The molecule has 1 N–H and O–H groups in total. The molecule has 0 aliphatic carbocycles. The van der Waals surface area contributed by atoms with E-state index in [4.69, 9.17) is 21.4 Å². The van der Waals surface area contributed by atoms with Crippen LogP contribution in [0.3, 0.4) is 0 Å². The molecule has 1 aromatic carbocycles. The largest absolute Gasteiger partial charge is 0.487 e. The first-order valence-corrected chi connectivity index (χ1v) is 6.40. The molecule has 4 heteroatoms. The van der Waals surface area contributed by atoms with Crippen LogP contribution in [-0.4, -0.2) is 16.7 Å². The summed E-state index contributed by atoms with van der Waals surface area (Å²) in [6.07, 6.45) is 0.845. The minimum absolute atomic E-state index is 0.0861. The Morgan fingerprint density at radius 3 is 2.83 bits per heavy atom. The molecule has 0 saturated heterocycles. The second-order valence-corrected chi connectivity index (χ2v) is 5.86. The van der Waals surface area contributed by atoms with Crippen LogP contribution in [0, 0.1) is 0 Å². The molecule has 1 aliphatic rings. The van der Waals surface area contributed by atoms with E-state index in [1.807, 2.05) is 32.9 Å². The molecular formula is C14H17ClO3. The number of benzene rings is 1. The fourth-order valence-electron chi connectivity index (χ4n) is 2.39. The van der Waals surface area contributed by atoms with Gasteiger partial charge in [-0.3, -0.25) is 4.79 Å². The third kappa shape index (κ3) is 2.46. The molecule has 1 unspecified atom stereocenters. The Hall–Kier alpha value is -1.22. The van der Waals surface area contributed by atoms with E-state index >= 15 is 0 Å². The number of aliphatic carboxylic acids is 1. The third-order valence-electron chi connectivity index (χ3n) is 3.23. The summed E-state index contributed by atoms with van der Waals surface area (Å²) in [5, 5.41) is 9.50. The van der Waals surface area contributed by atoms with Crippen molar-refractivity contribution in [2.75, 3.05) is 0 Å². The van der Waals surface area contributed by atoms with Gasteiger partial charge in [0.1, 0.15) is 11.4 Å². The lowest BCUT2D eigenvalue weighted by Gasteiger charge is -2.16. The van der Waals surface area contributed by atoms with Gasteiger partial charge in [0, 0.05) is 12.0 Å². The highest BCUT2D eigenvalue weighted by Gasteiger charge is 2.33. The van der Waals surface area contributed by atoms with Crippen LogP contribution < -0.4 is 4.74 Å². The predicted molar refractivity (Wildman–Crippen MR) is 70.5 cm³/mol. The van der Waals surface area contributed by atoms with Gasteiger partial charge in [0.05, 0.1) is 11.4 Å². The van der Waals surface area contributed by atoms with Gasteiger partial charge >= 0.3 is 5.97 Å². The summed E-state index contributed by atoms with van der Waals surface area (Å²) in [7, 11) is 0. The van der Waals surface area contributed by atoms with Crippen LogP contribution in [0.5, 0.6) is 5.75 Å². The average Bonchev–Trinajstić information content (AvgIpc) is 2.52. The zero-order valence-electron chi connectivity index (χ0n) is 10.8. The lowest BCUT2D eigenvalue weighted by molar-refractivity contribution is -0.137. The highest BCUT2D eigenvalue weighted by Crippen LogP contribution is 2.42. The molecule has 0 bridgehead atoms. The number of hydrogen-bond donors (Lipinski definition) is 1. The molecule has 0 spiro atoms. The summed E-state index contributed by atoms with van der Waals surface area (Å²) in [5.41, 5.74) is 1.65. The van der Waals surface area contributed by atoms with Crippen LogP contribution in [-0.2, 0) is 11.2 Å². The van der Waals surface area contributed by atoms with Gasteiger partial charge in [0.2, 0.25) is 0 Å². The molecule has 1 heterocycles. The van der Waals surface area contributed by atoms with Gasteiger partial charge in [0.25, 0.3) is 0 Å². The van der Waals surface area contributed by atoms with Crippen molar-refractivity contribution in [3.05, 3.63) is 28.3 Å². The zero-order valence-corrected chi connectivity index (χ0v) is 11.5. The number of hydrogen-bond acceptors (Lipinski definition) is 2. The van der Waals surface area contributed by atoms with Crippen molar-refractivity contribution in [2.45, 2.75) is 45.1 Å².